The summed E-state index contributed by atoms with van der Waals surface area (Å²) in [4.78, 5) is 1.28. The van der Waals surface area contributed by atoms with Gasteiger partial charge in [-0.25, -0.2) is 0 Å². The average molecular weight is 351 g/mol. The maximum atomic E-state index is 6.71. The molecule has 1 aromatic rings. The van der Waals surface area contributed by atoms with Crippen LogP contribution in [0, 0.1) is 11.8 Å². The van der Waals surface area contributed by atoms with Gasteiger partial charge in [-0.15, -0.1) is 0 Å². The van der Waals surface area contributed by atoms with Crippen molar-refractivity contribution in [2.75, 3.05) is 0 Å². The molecule has 0 spiro atoms. The Bertz CT molecular complexity index is 488. The first-order valence-corrected chi connectivity index (χ1v) is 12.4. The first-order chi connectivity index (χ1) is 10.5. The average Bonchev–Trinajstić information content (AvgIpc) is 2.44. The van der Waals surface area contributed by atoms with Crippen molar-refractivity contribution in [1.29, 1.82) is 0 Å². The highest BCUT2D eigenvalue weighted by Crippen LogP contribution is 2.39. The highest BCUT2D eigenvalue weighted by molar-refractivity contribution is 8.02. The Morgan fingerprint density at radius 1 is 1.04 bits per heavy atom. The van der Waals surface area contributed by atoms with Gasteiger partial charge in [-0.05, 0) is 41.6 Å². The Balaban J connectivity index is 2.73. The molecule has 0 aliphatic rings. The van der Waals surface area contributed by atoms with Gasteiger partial charge < -0.3 is 4.43 Å². The molecule has 23 heavy (non-hydrogen) atoms. The molecule has 0 aliphatic carbocycles. The van der Waals surface area contributed by atoms with E-state index in [-0.39, 0.29) is 11.1 Å². The Kier molecular flexibility index (Phi) is 7.63. The summed E-state index contributed by atoms with van der Waals surface area (Å²) in [6, 6.07) is 10.5. The number of hydrogen-bond acceptors (Lipinski definition) is 2. The van der Waals surface area contributed by atoms with Gasteiger partial charge in [-0.3, -0.25) is 0 Å². The number of hydrogen-bond donors (Lipinski definition) is 0. The lowest BCUT2D eigenvalue weighted by molar-refractivity contribution is 0.101. The summed E-state index contributed by atoms with van der Waals surface area (Å²) in [5, 5.41) is 2.47. The van der Waals surface area contributed by atoms with Crippen LogP contribution in [-0.4, -0.2) is 14.4 Å². The molecule has 0 bridgehead atoms. The smallest absolute Gasteiger partial charge is 0.192 e. The van der Waals surface area contributed by atoms with E-state index in [9.17, 15) is 0 Å². The molecule has 3 heteroatoms. The first-order valence-electron chi connectivity index (χ1n) is 8.61. The summed E-state index contributed by atoms with van der Waals surface area (Å²) < 4.78 is 6.71. The molecule has 1 nitrogen and oxygen atoms in total. The third-order valence-electron chi connectivity index (χ3n) is 4.74. The number of thioether (sulfide) groups is 1. The fourth-order valence-corrected chi connectivity index (χ4v) is 4.54. The predicted octanol–water partition coefficient (Wildman–Crippen LogP) is 6.97. The van der Waals surface area contributed by atoms with Crippen molar-refractivity contribution >= 4 is 20.1 Å². The third-order valence-corrected chi connectivity index (χ3v) is 10.1. The number of rotatable bonds is 7. The van der Waals surface area contributed by atoms with E-state index >= 15 is 0 Å². The molecule has 0 saturated carbocycles. The second kappa shape index (κ2) is 8.54. The zero-order chi connectivity index (χ0) is 17.7. The maximum Gasteiger partial charge on any atom is 0.192 e. The summed E-state index contributed by atoms with van der Waals surface area (Å²) >= 11 is 1.78. The lowest BCUT2D eigenvalue weighted by Gasteiger charge is -2.42. The summed E-state index contributed by atoms with van der Waals surface area (Å²) in [6.45, 7) is 18.4. The molecule has 0 aromatic heterocycles. The van der Waals surface area contributed by atoms with Gasteiger partial charge in [0.05, 0.1) is 6.10 Å². The van der Waals surface area contributed by atoms with Crippen LogP contribution in [0.3, 0.4) is 0 Å². The second-order valence-electron chi connectivity index (χ2n) is 8.21. The Labute approximate surface area is 149 Å². The molecule has 0 saturated heterocycles. The molecular weight excluding hydrogens is 316 g/mol. The minimum absolute atomic E-state index is 0.252. The van der Waals surface area contributed by atoms with Crippen molar-refractivity contribution in [2.45, 2.75) is 70.7 Å². The van der Waals surface area contributed by atoms with E-state index < -0.39 is 8.32 Å². The van der Waals surface area contributed by atoms with Crippen LogP contribution in [0.1, 0.15) is 41.5 Å². The summed E-state index contributed by atoms with van der Waals surface area (Å²) in [7, 11) is -1.74. The van der Waals surface area contributed by atoms with Crippen molar-refractivity contribution in [3.63, 3.8) is 0 Å². The SMILES string of the molecule is CC(C)[C@@H](O[Si](C)(C)C(C)(C)C)[C@@H](C)C=CSc1ccccc1. The normalized spacial score (nSPS) is 16.0. The first kappa shape index (κ1) is 20.5. The van der Waals surface area contributed by atoms with Crippen LogP contribution in [0.5, 0.6) is 0 Å². The fourth-order valence-electron chi connectivity index (χ4n) is 2.22. The molecule has 1 aromatic carbocycles. The third kappa shape index (κ3) is 6.48. The summed E-state index contributed by atoms with van der Waals surface area (Å²) in [5.74, 6) is 0.936. The summed E-state index contributed by atoms with van der Waals surface area (Å²) in [6.07, 6.45) is 2.58. The van der Waals surface area contributed by atoms with E-state index in [4.69, 9.17) is 4.43 Å². The zero-order valence-corrected chi connectivity index (χ0v) is 17.9. The van der Waals surface area contributed by atoms with Crippen molar-refractivity contribution < 1.29 is 4.43 Å². The van der Waals surface area contributed by atoms with Crippen LogP contribution < -0.4 is 0 Å². The van der Waals surface area contributed by atoms with Crippen LogP contribution in [0.2, 0.25) is 18.1 Å². The van der Waals surface area contributed by atoms with E-state index in [2.05, 4.69) is 96.5 Å². The molecule has 2 atom stereocenters. The van der Waals surface area contributed by atoms with Gasteiger partial charge in [-0.1, -0.05) is 77.6 Å². The van der Waals surface area contributed by atoms with Gasteiger partial charge in [0.2, 0.25) is 0 Å². The molecular formula is C20H34OSSi. The van der Waals surface area contributed by atoms with Gasteiger partial charge in [-0.2, -0.15) is 0 Å². The Morgan fingerprint density at radius 3 is 2.09 bits per heavy atom. The van der Waals surface area contributed by atoms with Crippen LogP contribution >= 0.6 is 11.8 Å². The molecule has 0 unspecified atom stereocenters. The lowest BCUT2D eigenvalue weighted by atomic mass is 9.95. The van der Waals surface area contributed by atoms with E-state index in [1.807, 2.05) is 0 Å². The molecule has 1 rings (SSSR count). The van der Waals surface area contributed by atoms with Gasteiger partial charge in [0.25, 0.3) is 0 Å². The van der Waals surface area contributed by atoms with E-state index in [1.165, 1.54) is 4.90 Å². The van der Waals surface area contributed by atoms with E-state index in [0.29, 0.717) is 11.8 Å². The zero-order valence-electron chi connectivity index (χ0n) is 16.1. The van der Waals surface area contributed by atoms with Crippen LogP contribution in [0.15, 0.2) is 46.7 Å². The van der Waals surface area contributed by atoms with Gasteiger partial charge >= 0.3 is 0 Å². The number of benzene rings is 1. The van der Waals surface area contributed by atoms with Crippen LogP contribution in [-0.2, 0) is 4.43 Å². The van der Waals surface area contributed by atoms with Gasteiger partial charge in [0, 0.05) is 10.8 Å². The maximum absolute atomic E-state index is 6.71. The van der Waals surface area contributed by atoms with E-state index in [1.54, 1.807) is 11.8 Å². The fraction of sp³-hybridized carbons (Fsp3) is 0.600. The monoisotopic (exact) mass is 350 g/mol. The standard InChI is InChI=1S/C20H34OSSi/c1-16(2)19(21-23(7,8)20(4,5)6)17(3)14-15-22-18-12-10-9-11-13-18/h9-17,19H,1-8H3/t17-,19+/m0/s1. The molecule has 0 amide bonds. The molecule has 0 fully saturated rings. The Hall–Kier alpha value is -0.513. The molecule has 0 radical (unpaired) electrons. The summed E-state index contributed by atoms with van der Waals surface area (Å²) in [5.41, 5.74) is 0. The molecule has 0 aliphatic heterocycles. The molecule has 0 N–H and O–H groups in total. The predicted molar refractivity (Wildman–Crippen MR) is 108 cm³/mol. The largest absolute Gasteiger partial charge is 0.413 e. The second-order valence-corrected chi connectivity index (χ2v) is 13.9. The van der Waals surface area contributed by atoms with Crippen molar-refractivity contribution in [2.24, 2.45) is 11.8 Å². The van der Waals surface area contributed by atoms with Crippen LogP contribution in [0.25, 0.3) is 0 Å². The highest BCUT2D eigenvalue weighted by atomic mass is 32.2. The highest BCUT2D eigenvalue weighted by Gasteiger charge is 2.40. The molecule has 0 heterocycles. The van der Waals surface area contributed by atoms with Crippen molar-refractivity contribution in [1.82, 2.24) is 0 Å². The minimum Gasteiger partial charge on any atom is -0.413 e. The topological polar surface area (TPSA) is 9.23 Å². The lowest BCUT2D eigenvalue weighted by Crippen LogP contribution is -2.46. The minimum atomic E-state index is -1.74. The van der Waals surface area contributed by atoms with E-state index in [0.717, 1.165) is 0 Å². The van der Waals surface area contributed by atoms with Crippen molar-refractivity contribution in [3.05, 3.63) is 41.8 Å². The molecule has 130 valence electrons. The van der Waals surface area contributed by atoms with Crippen LogP contribution in [0.4, 0.5) is 0 Å². The van der Waals surface area contributed by atoms with Gasteiger partial charge in [0.1, 0.15) is 0 Å². The van der Waals surface area contributed by atoms with Crippen molar-refractivity contribution in [3.8, 4) is 0 Å². The van der Waals surface area contributed by atoms with Gasteiger partial charge in [0.15, 0.2) is 8.32 Å². The Morgan fingerprint density at radius 2 is 1.61 bits per heavy atom. The quantitative estimate of drug-likeness (QED) is 0.387.